The third kappa shape index (κ3) is 12.2. The van der Waals surface area contributed by atoms with Gasteiger partial charge in [0, 0.05) is 17.8 Å². The van der Waals surface area contributed by atoms with Crippen LogP contribution in [-0.2, 0) is 23.3 Å². The van der Waals surface area contributed by atoms with E-state index in [1.54, 1.807) is 14.0 Å². The highest BCUT2D eigenvalue weighted by atomic mass is 35.7. The maximum Gasteiger partial charge on any atom is 0.232 e. The summed E-state index contributed by atoms with van der Waals surface area (Å²) in [5, 5.41) is 0. The molecule has 0 amide bonds. The molecular formula is C9H19ClO5S. The first-order chi connectivity index (χ1) is 7.45. The number of methoxy groups -OCH3 is 1. The van der Waals surface area contributed by atoms with Crippen molar-refractivity contribution in [2.24, 2.45) is 5.92 Å². The van der Waals surface area contributed by atoms with Crippen LogP contribution in [0.15, 0.2) is 0 Å². The van der Waals surface area contributed by atoms with Gasteiger partial charge in [-0.2, -0.15) is 0 Å². The van der Waals surface area contributed by atoms with E-state index in [1.165, 1.54) is 0 Å². The average Bonchev–Trinajstić information content (AvgIpc) is 2.13. The predicted octanol–water partition coefficient (Wildman–Crippen LogP) is 0.871. The molecule has 0 aromatic rings. The molecule has 0 aliphatic carbocycles. The molecule has 98 valence electrons. The SMILES string of the molecule is COCCOCCOCC(C)CS(=O)(=O)Cl. The Labute approximate surface area is 101 Å². The molecule has 0 aromatic carbocycles. The number of rotatable bonds is 10. The number of hydrogen-bond acceptors (Lipinski definition) is 5. The summed E-state index contributed by atoms with van der Waals surface area (Å²) in [6.45, 7) is 4.14. The molecule has 0 aromatic heterocycles. The standard InChI is InChI=1S/C9H19ClO5S/c1-9(8-16(10,11)12)7-15-6-5-14-4-3-13-2/h9H,3-8H2,1-2H3. The molecular weight excluding hydrogens is 256 g/mol. The van der Waals surface area contributed by atoms with Gasteiger partial charge in [0.15, 0.2) is 0 Å². The lowest BCUT2D eigenvalue weighted by Gasteiger charge is -2.10. The topological polar surface area (TPSA) is 61.8 Å². The predicted molar refractivity (Wildman–Crippen MR) is 62.3 cm³/mol. The maximum atomic E-state index is 10.7. The highest BCUT2D eigenvalue weighted by Crippen LogP contribution is 2.05. The Morgan fingerprint density at radius 3 is 2.25 bits per heavy atom. The minimum Gasteiger partial charge on any atom is -0.382 e. The molecule has 0 aliphatic rings. The number of ether oxygens (including phenoxy) is 3. The first kappa shape index (κ1) is 16.1. The Kier molecular flexibility index (Phi) is 9.25. The van der Waals surface area contributed by atoms with E-state index in [4.69, 9.17) is 24.9 Å². The largest absolute Gasteiger partial charge is 0.382 e. The Hall–Kier alpha value is 0.120. The third-order valence-corrected chi connectivity index (χ3v) is 3.03. The van der Waals surface area contributed by atoms with E-state index in [2.05, 4.69) is 0 Å². The molecule has 1 unspecified atom stereocenters. The van der Waals surface area contributed by atoms with Crippen molar-refractivity contribution in [2.45, 2.75) is 6.92 Å². The molecule has 0 radical (unpaired) electrons. The molecule has 0 aliphatic heterocycles. The van der Waals surface area contributed by atoms with Crippen LogP contribution in [0, 0.1) is 5.92 Å². The summed E-state index contributed by atoms with van der Waals surface area (Å²) in [6, 6.07) is 0. The van der Waals surface area contributed by atoms with Gasteiger partial charge in [-0.15, -0.1) is 0 Å². The molecule has 1 atom stereocenters. The summed E-state index contributed by atoms with van der Waals surface area (Å²) in [7, 11) is 3.28. The summed E-state index contributed by atoms with van der Waals surface area (Å²) < 4.78 is 36.6. The summed E-state index contributed by atoms with van der Waals surface area (Å²) in [5.74, 6) is -0.180. The molecule has 5 nitrogen and oxygen atoms in total. The van der Waals surface area contributed by atoms with E-state index in [1.807, 2.05) is 0 Å². The van der Waals surface area contributed by atoms with Gasteiger partial charge in [0.2, 0.25) is 9.05 Å². The van der Waals surface area contributed by atoms with Crippen LogP contribution in [0.5, 0.6) is 0 Å². The second kappa shape index (κ2) is 9.18. The molecule has 16 heavy (non-hydrogen) atoms. The number of halogens is 1. The van der Waals surface area contributed by atoms with Crippen LogP contribution in [-0.4, -0.2) is 54.3 Å². The third-order valence-electron chi connectivity index (χ3n) is 1.69. The summed E-state index contributed by atoms with van der Waals surface area (Å²) in [5.41, 5.74) is 0. The smallest absolute Gasteiger partial charge is 0.232 e. The molecule has 0 bridgehead atoms. The van der Waals surface area contributed by atoms with Crippen LogP contribution in [0.2, 0.25) is 0 Å². The van der Waals surface area contributed by atoms with Gasteiger partial charge >= 0.3 is 0 Å². The molecule has 0 saturated heterocycles. The molecule has 0 rings (SSSR count). The Morgan fingerprint density at radius 2 is 1.69 bits per heavy atom. The fraction of sp³-hybridized carbons (Fsp3) is 1.00. The molecule has 0 fully saturated rings. The molecule has 0 heterocycles. The zero-order chi connectivity index (χ0) is 12.4. The molecule has 7 heteroatoms. The van der Waals surface area contributed by atoms with Crippen molar-refractivity contribution in [3.8, 4) is 0 Å². The van der Waals surface area contributed by atoms with Crippen LogP contribution in [0.4, 0.5) is 0 Å². The first-order valence-corrected chi connectivity index (χ1v) is 7.50. The van der Waals surface area contributed by atoms with Gasteiger partial charge in [0.05, 0.1) is 38.8 Å². The summed E-state index contributed by atoms with van der Waals surface area (Å²) in [6.07, 6.45) is 0. The van der Waals surface area contributed by atoms with E-state index >= 15 is 0 Å². The fourth-order valence-electron chi connectivity index (χ4n) is 1.03. The number of hydrogen-bond donors (Lipinski definition) is 0. The van der Waals surface area contributed by atoms with Crippen molar-refractivity contribution in [1.82, 2.24) is 0 Å². The van der Waals surface area contributed by atoms with Gasteiger partial charge in [-0.25, -0.2) is 8.42 Å². The van der Waals surface area contributed by atoms with Crippen LogP contribution >= 0.6 is 10.7 Å². The molecule has 0 N–H and O–H groups in total. The van der Waals surface area contributed by atoms with Crippen molar-refractivity contribution < 1.29 is 22.6 Å². The van der Waals surface area contributed by atoms with E-state index < -0.39 is 9.05 Å². The Bertz CT molecular complexity index is 255. The maximum absolute atomic E-state index is 10.7. The lowest BCUT2D eigenvalue weighted by atomic mass is 10.2. The quantitative estimate of drug-likeness (QED) is 0.437. The zero-order valence-electron chi connectivity index (χ0n) is 9.65. The fourth-order valence-corrected chi connectivity index (χ4v) is 2.46. The monoisotopic (exact) mass is 274 g/mol. The van der Waals surface area contributed by atoms with E-state index in [0.29, 0.717) is 33.0 Å². The lowest BCUT2D eigenvalue weighted by molar-refractivity contribution is 0.0187. The summed E-state index contributed by atoms with van der Waals surface area (Å²) in [4.78, 5) is 0. The van der Waals surface area contributed by atoms with Crippen molar-refractivity contribution in [3.05, 3.63) is 0 Å². The zero-order valence-corrected chi connectivity index (χ0v) is 11.2. The normalized spacial score (nSPS) is 13.9. The highest BCUT2D eigenvalue weighted by Gasteiger charge is 2.12. The lowest BCUT2D eigenvalue weighted by Crippen LogP contribution is -2.17. The van der Waals surface area contributed by atoms with Gasteiger partial charge < -0.3 is 14.2 Å². The van der Waals surface area contributed by atoms with Crippen LogP contribution in [0.25, 0.3) is 0 Å². The van der Waals surface area contributed by atoms with E-state index in [-0.39, 0.29) is 11.7 Å². The first-order valence-electron chi connectivity index (χ1n) is 5.02. The average molecular weight is 275 g/mol. The minimum absolute atomic E-state index is 0.0703. The van der Waals surface area contributed by atoms with Gasteiger partial charge in [-0.1, -0.05) is 6.92 Å². The molecule has 0 saturated carbocycles. The van der Waals surface area contributed by atoms with E-state index in [0.717, 1.165) is 0 Å². The van der Waals surface area contributed by atoms with Gasteiger partial charge in [0.25, 0.3) is 0 Å². The van der Waals surface area contributed by atoms with Crippen molar-refractivity contribution in [3.63, 3.8) is 0 Å². The van der Waals surface area contributed by atoms with Crippen molar-refractivity contribution in [2.75, 3.05) is 45.9 Å². The van der Waals surface area contributed by atoms with Gasteiger partial charge in [0.1, 0.15) is 0 Å². The van der Waals surface area contributed by atoms with Crippen molar-refractivity contribution in [1.29, 1.82) is 0 Å². The highest BCUT2D eigenvalue weighted by molar-refractivity contribution is 8.13. The van der Waals surface area contributed by atoms with E-state index in [9.17, 15) is 8.42 Å². The Morgan fingerprint density at radius 1 is 1.12 bits per heavy atom. The van der Waals surface area contributed by atoms with Crippen LogP contribution in [0.1, 0.15) is 6.92 Å². The van der Waals surface area contributed by atoms with Crippen LogP contribution < -0.4 is 0 Å². The minimum atomic E-state index is -3.43. The van der Waals surface area contributed by atoms with Gasteiger partial charge in [-0.3, -0.25) is 0 Å². The second-order valence-corrected chi connectivity index (χ2v) is 6.31. The molecule has 0 spiro atoms. The second-order valence-electron chi connectivity index (χ2n) is 3.49. The Balaban J connectivity index is 3.31. The van der Waals surface area contributed by atoms with Crippen molar-refractivity contribution >= 4 is 19.7 Å². The van der Waals surface area contributed by atoms with Gasteiger partial charge in [-0.05, 0) is 5.92 Å². The summed E-state index contributed by atoms with van der Waals surface area (Å²) >= 11 is 0. The van der Waals surface area contributed by atoms with Crippen LogP contribution in [0.3, 0.4) is 0 Å².